The Kier molecular flexibility index (Phi) is 4.15. The summed E-state index contributed by atoms with van der Waals surface area (Å²) in [4.78, 5) is 16.1. The minimum absolute atomic E-state index is 0.0868. The molecular formula is C14H27N3O. The van der Waals surface area contributed by atoms with Crippen LogP contribution in [0.15, 0.2) is 0 Å². The lowest BCUT2D eigenvalue weighted by molar-refractivity contribution is 0.0364. The van der Waals surface area contributed by atoms with Crippen LogP contribution in [-0.2, 0) is 0 Å². The molecule has 0 atom stereocenters. The molecule has 0 aromatic carbocycles. The van der Waals surface area contributed by atoms with Crippen LogP contribution >= 0.6 is 0 Å². The van der Waals surface area contributed by atoms with Crippen LogP contribution in [0.5, 0.6) is 0 Å². The smallest absolute Gasteiger partial charge is 0.317 e. The van der Waals surface area contributed by atoms with Crippen molar-refractivity contribution in [2.75, 3.05) is 34.2 Å². The van der Waals surface area contributed by atoms with Gasteiger partial charge in [-0.3, -0.25) is 0 Å². The number of hydrogen-bond donors (Lipinski definition) is 1. The SMILES string of the molecule is CN(CC1(N(C)C)CCC1)C(=O)NCCC1CC1. The van der Waals surface area contributed by atoms with Crippen molar-refractivity contribution in [3.05, 3.63) is 0 Å². The first-order chi connectivity index (χ1) is 8.53. The second-order valence-electron chi connectivity index (χ2n) is 6.29. The van der Waals surface area contributed by atoms with Gasteiger partial charge >= 0.3 is 6.03 Å². The van der Waals surface area contributed by atoms with Crippen molar-refractivity contribution in [2.24, 2.45) is 5.92 Å². The largest absolute Gasteiger partial charge is 0.338 e. The van der Waals surface area contributed by atoms with E-state index >= 15 is 0 Å². The first-order valence-electron chi connectivity index (χ1n) is 7.20. The van der Waals surface area contributed by atoms with Crippen LogP contribution < -0.4 is 5.32 Å². The molecule has 18 heavy (non-hydrogen) atoms. The van der Waals surface area contributed by atoms with E-state index in [0.29, 0.717) is 0 Å². The molecule has 1 N–H and O–H groups in total. The van der Waals surface area contributed by atoms with Gasteiger partial charge in [-0.15, -0.1) is 0 Å². The Bertz CT molecular complexity index is 295. The third-order valence-corrected chi connectivity index (χ3v) is 4.64. The lowest BCUT2D eigenvalue weighted by atomic mass is 9.75. The van der Waals surface area contributed by atoms with Gasteiger partial charge in [0.15, 0.2) is 0 Å². The van der Waals surface area contributed by atoms with Gasteiger partial charge < -0.3 is 15.1 Å². The molecule has 0 unspecified atom stereocenters. The molecule has 2 saturated carbocycles. The maximum absolute atomic E-state index is 12.0. The lowest BCUT2D eigenvalue weighted by Gasteiger charge is -2.49. The van der Waals surface area contributed by atoms with E-state index in [1.165, 1.54) is 32.1 Å². The molecule has 2 aliphatic rings. The van der Waals surface area contributed by atoms with Gasteiger partial charge in [0, 0.05) is 25.7 Å². The Balaban J connectivity index is 1.71. The molecule has 4 heteroatoms. The second kappa shape index (κ2) is 5.47. The summed E-state index contributed by atoms with van der Waals surface area (Å²) in [6, 6.07) is 0.0868. The standard InChI is InChI=1S/C14H27N3O/c1-16(2)14(8-4-9-14)11-17(3)13(18)15-10-7-12-5-6-12/h12H,4-11H2,1-3H3,(H,15,18). The van der Waals surface area contributed by atoms with Gasteiger partial charge in [0.05, 0.1) is 0 Å². The van der Waals surface area contributed by atoms with Crippen LogP contribution in [0.1, 0.15) is 38.5 Å². The Hall–Kier alpha value is -0.770. The highest BCUT2D eigenvalue weighted by molar-refractivity contribution is 5.73. The van der Waals surface area contributed by atoms with Crippen LogP contribution in [0.3, 0.4) is 0 Å². The van der Waals surface area contributed by atoms with E-state index in [0.717, 1.165) is 25.4 Å². The van der Waals surface area contributed by atoms with Crippen molar-refractivity contribution >= 4 is 6.03 Å². The van der Waals surface area contributed by atoms with Crippen LogP contribution in [0.25, 0.3) is 0 Å². The van der Waals surface area contributed by atoms with Crippen LogP contribution in [0.2, 0.25) is 0 Å². The molecule has 0 radical (unpaired) electrons. The van der Waals surface area contributed by atoms with Crippen molar-refractivity contribution < 1.29 is 4.79 Å². The summed E-state index contributed by atoms with van der Waals surface area (Å²) in [6.45, 7) is 1.68. The molecule has 0 aliphatic heterocycles. The summed E-state index contributed by atoms with van der Waals surface area (Å²) in [5.74, 6) is 0.885. The zero-order valence-corrected chi connectivity index (χ0v) is 12.0. The minimum atomic E-state index is 0.0868. The molecule has 2 fully saturated rings. The fourth-order valence-corrected chi connectivity index (χ4v) is 2.77. The summed E-state index contributed by atoms with van der Waals surface area (Å²) in [6.07, 6.45) is 7.57. The second-order valence-corrected chi connectivity index (χ2v) is 6.29. The van der Waals surface area contributed by atoms with E-state index in [-0.39, 0.29) is 11.6 Å². The van der Waals surface area contributed by atoms with Crippen LogP contribution in [0.4, 0.5) is 4.79 Å². The molecule has 0 heterocycles. The fourth-order valence-electron chi connectivity index (χ4n) is 2.77. The predicted molar refractivity (Wildman–Crippen MR) is 73.6 cm³/mol. The number of rotatable bonds is 6. The molecule has 0 aromatic rings. The van der Waals surface area contributed by atoms with Gasteiger partial charge in [-0.25, -0.2) is 4.79 Å². The minimum Gasteiger partial charge on any atom is -0.338 e. The predicted octanol–water partition coefficient (Wildman–Crippen LogP) is 1.91. The molecule has 2 amide bonds. The topological polar surface area (TPSA) is 35.6 Å². The Morgan fingerprint density at radius 1 is 1.28 bits per heavy atom. The van der Waals surface area contributed by atoms with Crippen LogP contribution in [0, 0.1) is 5.92 Å². The highest BCUT2D eigenvalue weighted by atomic mass is 16.2. The Morgan fingerprint density at radius 2 is 1.94 bits per heavy atom. The molecule has 2 rings (SSSR count). The maximum Gasteiger partial charge on any atom is 0.317 e. The van der Waals surface area contributed by atoms with E-state index in [9.17, 15) is 4.79 Å². The van der Waals surface area contributed by atoms with Gasteiger partial charge in [0.1, 0.15) is 0 Å². The van der Waals surface area contributed by atoms with E-state index < -0.39 is 0 Å². The third-order valence-electron chi connectivity index (χ3n) is 4.64. The van der Waals surface area contributed by atoms with Gasteiger partial charge in [-0.1, -0.05) is 12.8 Å². The first-order valence-corrected chi connectivity index (χ1v) is 7.20. The van der Waals surface area contributed by atoms with E-state index in [1.54, 1.807) is 0 Å². The summed E-state index contributed by atoms with van der Waals surface area (Å²) in [5, 5.41) is 3.03. The first kappa shape index (κ1) is 13.7. The van der Waals surface area contributed by atoms with Crippen LogP contribution in [-0.4, -0.2) is 55.6 Å². The number of urea groups is 1. The third kappa shape index (κ3) is 3.16. The van der Waals surface area contributed by atoms with Crippen molar-refractivity contribution in [2.45, 2.75) is 44.1 Å². The molecule has 4 nitrogen and oxygen atoms in total. The quantitative estimate of drug-likeness (QED) is 0.785. The fraction of sp³-hybridized carbons (Fsp3) is 0.929. The molecule has 0 bridgehead atoms. The van der Waals surface area contributed by atoms with Crippen molar-refractivity contribution in [1.29, 1.82) is 0 Å². The van der Waals surface area contributed by atoms with Gasteiger partial charge in [-0.05, 0) is 45.7 Å². The summed E-state index contributed by atoms with van der Waals surface area (Å²) < 4.78 is 0. The van der Waals surface area contributed by atoms with E-state index in [2.05, 4.69) is 24.3 Å². The number of hydrogen-bond acceptors (Lipinski definition) is 2. The van der Waals surface area contributed by atoms with Gasteiger partial charge in [0.2, 0.25) is 0 Å². The number of nitrogens with zero attached hydrogens (tertiary/aromatic N) is 2. The summed E-state index contributed by atoms with van der Waals surface area (Å²) >= 11 is 0. The molecule has 104 valence electrons. The number of nitrogens with one attached hydrogen (secondary N) is 1. The number of amides is 2. The van der Waals surface area contributed by atoms with Gasteiger partial charge in [-0.2, -0.15) is 0 Å². The molecule has 0 spiro atoms. The van der Waals surface area contributed by atoms with E-state index in [1.807, 2.05) is 11.9 Å². The summed E-state index contributed by atoms with van der Waals surface area (Å²) in [5.41, 5.74) is 0.225. The molecule has 2 aliphatic carbocycles. The molecular weight excluding hydrogens is 226 g/mol. The average molecular weight is 253 g/mol. The number of likely N-dealkylation sites (N-methyl/N-ethyl adjacent to an activating group) is 2. The van der Waals surface area contributed by atoms with Gasteiger partial charge in [0.25, 0.3) is 0 Å². The monoisotopic (exact) mass is 253 g/mol. The van der Waals surface area contributed by atoms with Crippen molar-refractivity contribution in [1.82, 2.24) is 15.1 Å². The normalized spacial score (nSPS) is 21.6. The highest BCUT2D eigenvalue weighted by Crippen LogP contribution is 2.36. The molecule has 0 saturated heterocycles. The molecule has 0 aromatic heterocycles. The Morgan fingerprint density at radius 3 is 2.39 bits per heavy atom. The highest BCUT2D eigenvalue weighted by Gasteiger charge is 2.40. The maximum atomic E-state index is 12.0. The van der Waals surface area contributed by atoms with E-state index in [4.69, 9.17) is 0 Å². The number of carbonyl (C=O) groups excluding carboxylic acids is 1. The van der Waals surface area contributed by atoms with Crippen molar-refractivity contribution in [3.63, 3.8) is 0 Å². The zero-order valence-electron chi connectivity index (χ0n) is 12.0. The lowest BCUT2D eigenvalue weighted by Crippen LogP contribution is -2.58. The zero-order chi connectivity index (χ0) is 13.2. The number of carbonyl (C=O) groups is 1. The Labute approximate surface area is 111 Å². The average Bonchev–Trinajstić information content (AvgIpc) is 3.06. The summed E-state index contributed by atoms with van der Waals surface area (Å²) in [7, 11) is 6.16. The van der Waals surface area contributed by atoms with Crippen molar-refractivity contribution in [3.8, 4) is 0 Å².